The number of halogens is 1. The number of benzene rings is 1. The van der Waals surface area contributed by atoms with Gasteiger partial charge in [0.2, 0.25) is 5.91 Å². The molecule has 0 heterocycles. The molecule has 0 fully saturated rings. The number of hydrogen-bond donors (Lipinski definition) is 1. The minimum atomic E-state index is -1.03. The van der Waals surface area contributed by atoms with Crippen molar-refractivity contribution in [3.63, 3.8) is 0 Å². The number of nitro groups is 1. The maximum Gasteiger partial charge on any atom is 0.344 e. The quantitative estimate of drug-likeness (QED) is 0.380. The van der Waals surface area contributed by atoms with E-state index in [0.717, 1.165) is 13.2 Å². The van der Waals surface area contributed by atoms with Crippen LogP contribution in [0.4, 0.5) is 10.1 Å². The fourth-order valence-electron chi connectivity index (χ4n) is 1.31. The average molecular weight is 280 g/mol. The second-order valence-electron chi connectivity index (χ2n) is 3.54. The molecule has 0 saturated heterocycles. The van der Waals surface area contributed by atoms with Crippen molar-refractivity contribution in [3.05, 3.63) is 39.2 Å². The third-order valence-corrected chi connectivity index (χ3v) is 2.17. The number of carbonyl (C=O) groups excluding carboxylic acids is 2. The molecule has 0 radical (unpaired) electrons. The van der Waals surface area contributed by atoms with Gasteiger partial charge in [0.1, 0.15) is 11.4 Å². The van der Waals surface area contributed by atoms with Crippen LogP contribution in [-0.2, 0) is 9.53 Å². The first-order valence-electron chi connectivity index (χ1n) is 5.20. The van der Waals surface area contributed by atoms with Gasteiger partial charge >= 0.3 is 5.97 Å². The molecule has 2 N–H and O–H groups in total. The molecule has 0 bridgehead atoms. The molecule has 0 aliphatic heterocycles. The molecular weight excluding hydrogens is 271 g/mol. The smallest absolute Gasteiger partial charge is 0.344 e. The predicted octanol–water partition coefficient (Wildman–Crippen LogP) is 0.747. The molecule has 0 spiro atoms. The van der Waals surface area contributed by atoms with E-state index >= 15 is 0 Å². The number of esters is 1. The first kappa shape index (κ1) is 15.1. The van der Waals surface area contributed by atoms with E-state index in [1.807, 2.05) is 0 Å². The summed E-state index contributed by atoms with van der Waals surface area (Å²) in [6.07, 6.45) is -0.314. The fourth-order valence-corrected chi connectivity index (χ4v) is 1.31. The zero-order chi connectivity index (χ0) is 15.3. The molecule has 8 heteroatoms. The summed E-state index contributed by atoms with van der Waals surface area (Å²) >= 11 is 0. The summed E-state index contributed by atoms with van der Waals surface area (Å²) in [5.41, 5.74) is 3.38. The van der Waals surface area contributed by atoms with E-state index in [9.17, 15) is 24.1 Å². The van der Waals surface area contributed by atoms with E-state index in [2.05, 4.69) is 16.6 Å². The SMILES string of the molecule is COC(=O)c1cc(F)c(C#CCC(N)=O)cc1[N+](=O)[O-]. The number of methoxy groups -OCH3 is 1. The maximum atomic E-state index is 13.7. The third kappa shape index (κ3) is 3.52. The Balaban J connectivity index is 3.32. The summed E-state index contributed by atoms with van der Waals surface area (Å²) < 4.78 is 18.0. The highest BCUT2D eigenvalue weighted by Crippen LogP contribution is 2.23. The van der Waals surface area contributed by atoms with Crippen LogP contribution >= 0.6 is 0 Å². The maximum absolute atomic E-state index is 13.7. The Labute approximate surface area is 112 Å². The van der Waals surface area contributed by atoms with Crippen molar-refractivity contribution in [3.8, 4) is 11.8 Å². The van der Waals surface area contributed by atoms with Gasteiger partial charge in [-0.1, -0.05) is 11.8 Å². The van der Waals surface area contributed by atoms with Crippen molar-refractivity contribution >= 4 is 17.6 Å². The number of primary amides is 1. The van der Waals surface area contributed by atoms with E-state index in [1.165, 1.54) is 0 Å². The highest BCUT2D eigenvalue weighted by Gasteiger charge is 2.23. The highest BCUT2D eigenvalue weighted by atomic mass is 19.1. The lowest BCUT2D eigenvalue weighted by atomic mass is 10.1. The largest absolute Gasteiger partial charge is 0.465 e. The normalized spacial score (nSPS) is 9.30. The lowest BCUT2D eigenvalue weighted by Gasteiger charge is -2.02. The number of ether oxygens (including phenoxy) is 1. The number of nitrogens with two attached hydrogens (primary N) is 1. The van der Waals surface area contributed by atoms with Gasteiger partial charge in [-0.05, 0) is 6.07 Å². The molecule has 1 amide bonds. The van der Waals surface area contributed by atoms with Crippen LogP contribution in [-0.4, -0.2) is 23.9 Å². The molecule has 0 saturated carbocycles. The second-order valence-corrected chi connectivity index (χ2v) is 3.54. The van der Waals surface area contributed by atoms with Gasteiger partial charge in [0.05, 0.1) is 24.0 Å². The Bertz CT molecular complexity index is 645. The lowest BCUT2D eigenvalue weighted by molar-refractivity contribution is -0.385. The molecule has 0 aliphatic rings. The number of nitro benzene ring substituents is 1. The highest BCUT2D eigenvalue weighted by molar-refractivity contribution is 5.94. The van der Waals surface area contributed by atoms with E-state index in [1.54, 1.807) is 0 Å². The van der Waals surface area contributed by atoms with Crippen LogP contribution in [0.2, 0.25) is 0 Å². The van der Waals surface area contributed by atoms with Crippen LogP contribution < -0.4 is 5.73 Å². The molecule has 0 unspecified atom stereocenters. The molecule has 0 atom stereocenters. The van der Waals surface area contributed by atoms with Gasteiger partial charge in [0, 0.05) is 6.07 Å². The van der Waals surface area contributed by atoms with Crippen molar-refractivity contribution in [1.29, 1.82) is 0 Å². The number of rotatable bonds is 3. The van der Waals surface area contributed by atoms with Crippen LogP contribution in [0.25, 0.3) is 0 Å². The Morgan fingerprint density at radius 1 is 1.50 bits per heavy atom. The van der Waals surface area contributed by atoms with Gasteiger partial charge in [-0.25, -0.2) is 9.18 Å². The van der Waals surface area contributed by atoms with Gasteiger partial charge in [-0.2, -0.15) is 0 Å². The van der Waals surface area contributed by atoms with Gasteiger partial charge in [0.25, 0.3) is 5.69 Å². The Morgan fingerprint density at radius 3 is 2.65 bits per heavy atom. The summed E-state index contributed by atoms with van der Waals surface area (Å²) in [6, 6.07) is 1.47. The number of carbonyl (C=O) groups is 2. The molecule has 1 aromatic carbocycles. The molecule has 20 heavy (non-hydrogen) atoms. The zero-order valence-electron chi connectivity index (χ0n) is 10.3. The van der Waals surface area contributed by atoms with Gasteiger partial charge < -0.3 is 10.5 Å². The molecule has 7 nitrogen and oxygen atoms in total. The average Bonchev–Trinajstić information content (AvgIpc) is 2.38. The summed E-state index contributed by atoms with van der Waals surface area (Å²) in [7, 11) is 1.02. The van der Waals surface area contributed by atoms with Crippen molar-refractivity contribution < 1.29 is 23.6 Å². The first-order chi connectivity index (χ1) is 9.36. The molecular formula is C12H9FN2O5. The molecule has 0 aliphatic carbocycles. The number of amides is 1. The summed E-state index contributed by atoms with van der Waals surface area (Å²) in [4.78, 5) is 31.8. The Morgan fingerprint density at radius 2 is 2.15 bits per heavy atom. The first-order valence-corrected chi connectivity index (χ1v) is 5.20. The minimum absolute atomic E-state index is 0.314. The van der Waals surface area contributed by atoms with E-state index in [4.69, 9.17) is 5.73 Å². The van der Waals surface area contributed by atoms with Crippen LogP contribution in [0.3, 0.4) is 0 Å². The van der Waals surface area contributed by atoms with Crippen LogP contribution in [0, 0.1) is 27.8 Å². The Kier molecular flexibility index (Phi) is 4.75. The number of hydrogen-bond acceptors (Lipinski definition) is 5. The van der Waals surface area contributed by atoms with Crippen LogP contribution in [0.15, 0.2) is 12.1 Å². The monoisotopic (exact) mass is 280 g/mol. The van der Waals surface area contributed by atoms with Crippen molar-refractivity contribution in [2.45, 2.75) is 6.42 Å². The van der Waals surface area contributed by atoms with Gasteiger partial charge in [0.15, 0.2) is 0 Å². The summed E-state index contributed by atoms with van der Waals surface area (Å²) in [5.74, 6) is 1.83. The van der Waals surface area contributed by atoms with Crippen molar-refractivity contribution in [1.82, 2.24) is 0 Å². The van der Waals surface area contributed by atoms with E-state index in [-0.39, 0.29) is 12.0 Å². The van der Waals surface area contributed by atoms with Crippen LogP contribution in [0.5, 0.6) is 0 Å². The number of nitrogens with zero attached hydrogens (tertiary/aromatic N) is 1. The van der Waals surface area contributed by atoms with Gasteiger partial charge in [-0.3, -0.25) is 14.9 Å². The lowest BCUT2D eigenvalue weighted by Crippen LogP contribution is -2.08. The van der Waals surface area contributed by atoms with Crippen molar-refractivity contribution in [2.75, 3.05) is 7.11 Å². The van der Waals surface area contributed by atoms with Crippen LogP contribution in [0.1, 0.15) is 22.3 Å². The predicted molar refractivity (Wildman–Crippen MR) is 65.1 cm³/mol. The Hall–Kier alpha value is -2.95. The summed E-state index contributed by atoms with van der Waals surface area (Å²) in [6.45, 7) is 0. The zero-order valence-corrected chi connectivity index (χ0v) is 10.3. The topological polar surface area (TPSA) is 113 Å². The minimum Gasteiger partial charge on any atom is -0.465 e. The van der Waals surface area contributed by atoms with Crippen molar-refractivity contribution in [2.24, 2.45) is 5.73 Å². The van der Waals surface area contributed by atoms with E-state index in [0.29, 0.717) is 6.07 Å². The standard InChI is InChI=1S/C12H9FN2O5/c1-20-12(17)8-6-9(13)7(3-2-4-11(14)16)5-10(8)15(18)19/h5-6H,4H2,1H3,(H2,14,16). The molecule has 0 aromatic heterocycles. The second kappa shape index (κ2) is 6.29. The fraction of sp³-hybridized carbons (Fsp3) is 0.167. The molecule has 1 rings (SSSR count). The van der Waals surface area contributed by atoms with Gasteiger partial charge in [-0.15, -0.1) is 0 Å². The third-order valence-electron chi connectivity index (χ3n) is 2.17. The molecule has 104 valence electrons. The molecule has 1 aromatic rings. The van der Waals surface area contributed by atoms with E-state index < -0.39 is 33.9 Å². The summed E-state index contributed by atoms with van der Waals surface area (Å²) in [5, 5.41) is 10.8.